The lowest BCUT2D eigenvalue weighted by molar-refractivity contribution is -0.141. The Morgan fingerprint density at radius 2 is 2.14 bits per heavy atom. The molecule has 0 aromatic carbocycles. The first-order chi connectivity index (χ1) is 6.47. The van der Waals surface area contributed by atoms with Crippen LogP contribution in [0.3, 0.4) is 0 Å². The van der Waals surface area contributed by atoms with Gasteiger partial charge < -0.3 is 9.40 Å². The largest absolute Gasteiger partial charge is 0.433 e. The minimum atomic E-state index is -4.47. The van der Waals surface area contributed by atoms with Crippen LogP contribution in [0.2, 0.25) is 0 Å². The Hall–Kier alpha value is -1.37. The van der Waals surface area contributed by atoms with Crippen molar-refractivity contribution in [3.8, 4) is 0 Å². The van der Waals surface area contributed by atoms with Crippen molar-refractivity contribution in [2.45, 2.75) is 6.18 Å². The minimum absolute atomic E-state index is 0.0288. The molecule has 2 rings (SSSR count). The Bertz CT molecular complexity index is 527. The number of hydrogen-bond acceptors (Lipinski definition) is 3. The summed E-state index contributed by atoms with van der Waals surface area (Å²) in [5.74, 6) is 0. The van der Waals surface area contributed by atoms with E-state index in [2.05, 4.69) is 22.2 Å². The number of halogens is 3. The van der Waals surface area contributed by atoms with Crippen molar-refractivity contribution in [2.75, 3.05) is 0 Å². The van der Waals surface area contributed by atoms with E-state index in [1.807, 2.05) is 0 Å². The highest BCUT2D eigenvalue weighted by molar-refractivity contribution is 7.71. The lowest BCUT2D eigenvalue weighted by atomic mass is 10.3. The number of aromatic amines is 1. The molecule has 0 aliphatic rings. The molecule has 0 unspecified atom stereocenters. The summed E-state index contributed by atoms with van der Waals surface area (Å²) >= 11 is 4.62. The first-order valence-electron chi connectivity index (χ1n) is 3.53. The van der Waals surface area contributed by atoms with Gasteiger partial charge in [-0.25, -0.2) is 4.98 Å². The second kappa shape index (κ2) is 2.81. The minimum Gasteiger partial charge on any atom is -0.429 e. The molecule has 0 saturated carbocycles. The van der Waals surface area contributed by atoms with Crippen LogP contribution < -0.4 is 0 Å². The van der Waals surface area contributed by atoms with Gasteiger partial charge in [0.05, 0.1) is 6.20 Å². The van der Waals surface area contributed by atoms with Gasteiger partial charge in [-0.15, -0.1) is 0 Å². The Kier molecular flexibility index (Phi) is 1.84. The van der Waals surface area contributed by atoms with Gasteiger partial charge in [0, 0.05) is 6.07 Å². The topological polar surface area (TPSA) is 41.8 Å². The van der Waals surface area contributed by atoms with Crippen LogP contribution in [0.5, 0.6) is 0 Å². The van der Waals surface area contributed by atoms with Crippen LogP contribution >= 0.6 is 12.2 Å². The molecule has 2 heterocycles. The highest BCUT2D eigenvalue weighted by Crippen LogP contribution is 2.29. The highest BCUT2D eigenvalue weighted by atomic mass is 32.1. The number of pyridine rings is 1. The number of rotatable bonds is 0. The van der Waals surface area contributed by atoms with Gasteiger partial charge in [-0.3, -0.25) is 0 Å². The van der Waals surface area contributed by atoms with Gasteiger partial charge in [-0.1, -0.05) is 0 Å². The summed E-state index contributed by atoms with van der Waals surface area (Å²) in [6, 6.07) is 0.807. The van der Waals surface area contributed by atoms with E-state index in [9.17, 15) is 13.2 Å². The predicted octanol–water partition coefficient (Wildman–Crippen LogP) is 2.90. The van der Waals surface area contributed by atoms with Crippen molar-refractivity contribution < 1.29 is 17.6 Å². The number of aromatic nitrogens is 2. The molecular weight excluding hydrogens is 217 g/mol. The molecule has 74 valence electrons. The standard InChI is InChI=1S/C7H3F3N2OS/c8-7(9,10)5-1-4-3(2-11-5)12-6(14)13-4/h1-2H,(H,12,14). The third-order valence-corrected chi connectivity index (χ3v) is 1.78. The average molecular weight is 220 g/mol. The van der Waals surface area contributed by atoms with Crippen LogP contribution in [0.4, 0.5) is 13.2 Å². The van der Waals surface area contributed by atoms with E-state index in [1.54, 1.807) is 0 Å². The van der Waals surface area contributed by atoms with Gasteiger partial charge >= 0.3 is 6.18 Å². The Morgan fingerprint density at radius 1 is 1.43 bits per heavy atom. The smallest absolute Gasteiger partial charge is 0.429 e. The molecular formula is C7H3F3N2OS. The molecule has 0 aliphatic carbocycles. The maximum absolute atomic E-state index is 12.2. The zero-order chi connectivity index (χ0) is 10.3. The van der Waals surface area contributed by atoms with Crippen LogP contribution in [0.25, 0.3) is 11.1 Å². The Labute approximate surface area is 80.6 Å². The molecule has 0 aliphatic heterocycles. The molecule has 0 amide bonds. The van der Waals surface area contributed by atoms with Crippen LogP contribution in [0.15, 0.2) is 16.7 Å². The van der Waals surface area contributed by atoms with Crippen LogP contribution in [0.1, 0.15) is 5.69 Å². The number of fused-ring (bicyclic) bond motifs is 1. The third kappa shape index (κ3) is 1.50. The molecule has 0 radical (unpaired) electrons. The molecule has 0 spiro atoms. The van der Waals surface area contributed by atoms with Crippen LogP contribution in [-0.2, 0) is 6.18 Å². The average Bonchev–Trinajstić information content (AvgIpc) is 2.41. The zero-order valence-corrected chi connectivity index (χ0v) is 7.37. The molecule has 3 nitrogen and oxygen atoms in total. The third-order valence-electron chi connectivity index (χ3n) is 1.60. The SMILES string of the molecule is FC(F)(F)c1cc2oc(=S)[nH]c2cn1. The second-order valence-corrected chi connectivity index (χ2v) is 2.95. The van der Waals surface area contributed by atoms with Crippen LogP contribution in [-0.4, -0.2) is 9.97 Å². The van der Waals surface area contributed by atoms with Crippen LogP contribution in [0, 0.1) is 4.84 Å². The normalized spacial score (nSPS) is 12.2. The molecule has 2 aromatic heterocycles. The second-order valence-electron chi connectivity index (χ2n) is 2.58. The maximum atomic E-state index is 12.2. The van der Waals surface area contributed by atoms with E-state index in [1.165, 1.54) is 0 Å². The van der Waals surface area contributed by atoms with Crippen molar-refractivity contribution in [1.82, 2.24) is 9.97 Å². The quantitative estimate of drug-likeness (QED) is 0.694. The summed E-state index contributed by atoms with van der Waals surface area (Å²) in [6.45, 7) is 0. The lowest BCUT2D eigenvalue weighted by Gasteiger charge is -2.03. The molecule has 7 heteroatoms. The van der Waals surface area contributed by atoms with Gasteiger partial charge in [0.2, 0.25) is 0 Å². The van der Waals surface area contributed by atoms with Crippen molar-refractivity contribution in [2.24, 2.45) is 0 Å². The predicted molar refractivity (Wildman–Crippen MR) is 44.2 cm³/mol. The Balaban J connectivity index is 2.67. The fourth-order valence-corrected chi connectivity index (χ4v) is 1.21. The Morgan fingerprint density at radius 3 is 2.79 bits per heavy atom. The van der Waals surface area contributed by atoms with E-state index in [0.717, 1.165) is 12.3 Å². The number of oxazole rings is 1. The van der Waals surface area contributed by atoms with E-state index in [0.29, 0.717) is 5.52 Å². The summed E-state index contributed by atoms with van der Waals surface area (Å²) < 4.78 is 41.4. The molecule has 0 atom stereocenters. The van der Waals surface area contributed by atoms with Gasteiger partial charge in [0.1, 0.15) is 11.2 Å². The van der Waals surface area contributed by atoms with Gasteiger partial charge in [-0.05, 0) is 12.2 Å². The van der Waals surface area contributed by atoms with E-state index in [4.69, 9.17) is 4.42 Å². The first kappa shape index (κ1) is 9.20. The first-order valence-corrected chi connectivity index (χ1v) is 3.94. The van der Waals surface area contributed by atoms with E-state index >= 15 is 0 Å². The molecule has 14 heavy (non-hydrogen) atoms. The maximum Gasteiger partial charge on any atom is 0.433 e. The van der Waals surface area contributed by atoms with Crippen molar-refractivity contribution in [1.29, 1.82) is 0 Å². The summed E-state index contributed by atoms with van der Waals surface area (Å²) in [5, 5.41) is 0. The summed E-state index contributed by atoms with van der Waals surface area (Å²) in [6.07, 6.45) is -3.43. The van der Waals surface area contributed by atoms with Gasteiger partial charge in [-0.2, -0.15) is 13.2 Å². The number of hydrogen-bond donors (Lipinski definition) is 1. The van der Waals surface area contributed by atoms with E-state index < -0.39 is 11.9 Å². The molecule has 1 N–H and O–H groups in total. The van der Waals surface area contributed by atoms with Crippen molar-refractivity contribution >= 4 is 23.3 Å². The summed E-state index contributed by atoms with van der Waals surface area (Å²) in [5.41, 5.74) is -0.594. The summed E-state index contributed by atoms with van der Waals surface area (Å²) in [4.78, 5) is 5.81. The fraction of sp³-hybridized carbons (Fsp3) is 0.143. The molecule has 0 saturated heterocycles. The van der Waals surface area contributed by atoms with Gasteiger partial charge in [0.15, 0.2) is 5.58 Å². The molecule has 0 fully saturated rings. The number of nitrogens with one attached hydrogen (secondary N) is 1. The number of alkyl halides is 3. The number of H-pyrrole nitrogens is 1. The summed E-state index contributed by atoms with van der Waals surface area (Å²) in [7, 11) is 0. The monoisotopic (exact) mass is 220 g/mol. The van der Waals surface area contributed by atoms with Crippen molar-refractivity contribution in [3.05, 3.63) is 22.8 Å². The van der Waals surface area contributed by atoms with Crippen molar-refractivity contribution in [3.63, 3.8) is 0 Å². The zero-order valence-electron chi connectivity index (χ0n) is 6.55. The lowest BCUT2D eigenvalue weighted by Crippen LogP contribution is -2.06. The molecule has 0 bridgehead atoms. The van der Waals surface area contributed by atoms with E-state index in [-0.39, 0.29) is 10.4 Å². The van der Waals surface area contributed by atoms with Gasteiger partial charge in [0.25, 0.3) is 4.84 Å². The highest BCUT2D eigenvalue weighted by Gasteiger charge is 2.32. The fourth-order valence-electron chi connectivity index (χ4n) is 1.01. The number of nitrogens with zero attached hydrogens (tertiary/aromatic N) is 1. The molecule has 2 aromatic rings.